The zero-order valence-electron chi connectivity index (χ0n) is 17.5. The molecule has 1 aromatic carbocycles. The fourth-order valence-electron chi connectivity index (χ4n) is 2.71. The van der Waals surface area contributed by atoms with E-state index < -0.39 is 5.60 Å². The molecule has 0 aromatic heterocycles. The number of ether oxygens (including phenoxy) is 3. The topological polar surface area (TPSA) is 89.6 Å². The predicted molar refractivity (Wildman–Crippen MR) is 109 cm³/mol. The molecule has 2 N–H and O–H groups in total. The molecular weight excluding hydrogens is 360 g/mol. The van der Waals surface area contributed by atoms with Gasteiger partial charge in [0.25, 0.3) is 0 Å². The molecule has 1 atom stereocenters. The number of methoxy groups -OCH3 is 1. The van der Waals surface area contributed by atoms with E-state index in [-0.39, 0.29) is 12.2 Å². The Morgan fingerprint density at radius 3 is 2.39 bits per heavy atom. The SMILES string of the molecule is COc1cccc(OC(C)CN=C(N)N2CCN(C(=O)OC(C)(C)C)CC2)c1. The van der Waals surface area contributed by atoms with Crippen molar-refractivity contribution in [1.29, 1.82) is 0 Å². The smallest absolute Gasteiger partial charge is 0.410 e. The Kier molecular flexibility index (Phi) is 7.37. The number of rotatable bonds is 5. The van der Waals surface area contributed by atoms with E-state index in [1.54, 1.807) is 12.0 Å². The van der Waals surface area contributed by atoms with Crippen molar-refractivity contribution in [2.75, 3.05) is 39.8 Å². The maximum Gasteiger partial charge on any atom is 0.410 e. The molecule has 1 aromatic rings. The summed E-state index contributed by atoms with van der Waals surface area (Å²) in [5, 5.41) is 0. The van der Waals surface area contributed by atoms with Gasteiger partial charge in [0.1, 0.15) is 23.2 Å². The van der Waals surface area contributed by atoms with Crippen LogP contribution in [0.2, 0.25) is 0 Å². The van der Waals surface area contributed by atoms with Gasteiger partial charge in [0.2, 0.25) is 0 Å². The third-order valence-corrected chi connectivity index (χ3v) is 4.14. The van der Waals surface area contributed by atoms with Crippen molar-refractivity contribution in [1.82, 2.24) is 9.80 Å². The van der Waals surface area contributed by atoms with Gasteiger partial charge in [0.15, 0.2) is 5.96 Å². The lowest BCUT2D eigenvalue weighted by Crippen LogP contribution is -2.53. The van der Waals surface area contributed by atoms with Crippen LogP contribution in [0.15, 0.2) is 29.3 Å². The van der Waals surface area contributed by atoms with Gasteiger partial charge in [-0.1, -0.05) is 6.07 Å². The summed E-state index contributed by atoms with van der Waals surface area (Å²) in [6.45, 7) is 10.3. The summed E-state index contributed by atoms with van der Waals surface area (Å²) in [6, 6.07) is 7.45. The molecule has 1 aliphatic rings. The number of hydrogen-bond donors (Lipinski definition) is 1. The molecule has 1 heterocycles. The molecule has 1 amide bonds. The lowest BCUT2D eigenvalue weighted by atomic mass is 10.2. The molecule has 2 rings (SSSR count). The van der Waals surface area contributed by atoms with Crippen LogP contribution in [-0.4, -0.2) is 73.4 Å². The van der Waals surface area contributed by atoms with Gasteiger partial charge in [-0.25, -0.2) is 9.79 Å². The van der Waals surface area contributed by atoms with E-state index in [1.807, 2.05) is 56.9 Å². The summed E-state index contributed by atoms with van der Waals surface area (Å²) >= 11 is 0. The number of hydrogen-bond acceptors (Lipinski definition) is 5. The second kappa shape index (κ2) is 9.52. The van der Waals surface area contributed by atoms with Gasteiger partial charge in [-0.3, -0.25) is 0 Å². The number of carbonyl (C=O) groups excluding carboxylic acids is 1. The molecule has 0 aliphatic carbocycles. The van der Waals surface area contributed by atoms with Crippen LogP contribution in [0.25, 0.3) is 0 Å². The molecule has 0 saturated carbocycles. The Balaban J connectivity index is 1.80. The predicted octanol–water partition coefficient (Wildman–Crippen LogP) is 2.33. The molecule has 8 nitrogen and oxygen atoms in total. The van der Waals surface area contributed by atoms with Crippen molar-refractivity contribution in [3.8, 4) is 11.5 Å². The van der Waals surface area contributed by atoms with Gasteiger partial charge in [0, 0.05) is 32.2 Å². The molecule has 28 heavy (non-hydrogen) atoms. The van der Waals surface area contributed by atoms with Crippen LogP contribution in [0.5, 0.6) is 11.5 Å². The summed E-state index contributed by atoms with van der Waals surface area (Å²) in [7, 11) is 1.62. The molecule has 0 radical (unpaired) electrons. The van der Waals surface area contributed by atoms with E-state index in [2.05, 4.69) is 4.99 Å². The van der Waals surface area contributed by atoms with Crippen LogP contribution >= 0.6 is 0 Å². The van der Waals surface area contributed by atoms with E-state index >= 15 is 0 Å². The van der Waals surface area contributed by atoms with Crippen LogP contribution in [0.1, 0.15) is 27.7 Å². The minimum absolute atomic E-state index is 0.131. The molecule has 1 aliphatic heterocycles. The molecule has 1 saturated heterocycles. The standard InChI is InChI=1S/C20H32N4O4/c1-15(27-17-8-6-7-16(13-17)26-5)14-22-18(21)23-9-11-24(12-10-23)19(25)28-20(2,3)4/h6-8,13,15H,9-12,14H2,1-5H3,(H2,21,22). The number of nitrogens with two attached hydrogens (primary N) is 1. The summed E-state index contributed by atoms with van der Waals surface area (Å²) in [5.41, 5.74) is 5.63. The monoisotopic (exact) mass is 392 g/mol. The average Bonchev–Trinajstić information content (AvgIpc) is 2.65. The summed E-state index contributed by atoms with van der Waals surface area (Å²) in [4.78, 5) is 20.2. The average molecular weight is 393 g/mol. The van der Waals surface area contributed by atoms with Crippen LogP contribution < -0.4 is 15.2 Å². The maximum absolute atomic E-state index is 12.1. The van der Waals surface area contributed by atoms with Crippen LogP contribution in [-0.2, 0) is 4.74 Å². The van der Waals surface area contributed by atoms with Crippen LogP contribution in [0.3, 0.4) is 0 Å². The highest BCUT2D eigenvalue weighted by molar-refractivity contribution is 5.78. The van der Waals surface area contributed by atoms with Crippen molar-refractivity contribution in [2.24, 2.45) is 10.7 Å². The maximum atomic E-state index is 12.1. The Labute approximate surface area is 167 Å². The minimum atomic E-state index is -0.492. The number of benzene rings is 1. The third-order valence-electron chi connectivity index (χ3n) is 4.14. The Hall–Kier alpha value is -2.64. The highest BCUT2D eigenvalue weighted by atomic mass is 16.6. The first-order chi connectivity index (χ1) is 13.2. The number of guanidine groups is 1. The fraction of sp³-hybridized carbons (Fsp3) is 0.600. The van der Waals surface area contributed by atoms with Gasteiger partial charge < -0.3 is 29.7 Å². The molecule has 0 bridgehead atoms. The van der Waals surface area contributed by atoms with E-state index in [1.165, 1.54) is 0 Å². The number of carbonyl (C=O) groups is 1. The molecule has 0 spiro atoms. The van der Waals surface area contributed by atoms with Crippen molar-refractivity contribution in [2.45, 2.75) is 39.4 Å². The van der Waals surface area contributed by atoms with Gasteiger partial charge >= 0.3 is 6.09 Å². The van der Waals surface area contributed by atoms with Gasteiger partial charge in [-0.2, -0.15) is 0 Å². The Morgan fingerprint density at radius 2 is 1.79 bits per heavy atom. The molecule has 8 heteroatoms. The normalized spacial score (nSPS) is 16.5. The highest BCUT2D eigenvalue weighted by Gasteiger charge is 2.26. The van der Waals surface area contributed by atoms with Gasteiger partial charge in [-0.15, -0.1) is 0 Å². The number of nitrogens with zero attached hydrogens (tertiary/aromatic N) is 3. The van der Waals surface area contributed by atoms with Gasteiger partial charge in [-0.05, 0) is 39.8 Å². The zero-order chi connectivity index (χ0) is 20.7. The fourth-order valence-corrected chi connectivity index (χ4v) is 2.71. The summed E-state index contributed by atoms with van der Waals surface area (Å²) in [5.74, 6) is 1.94. The largest absolute Gasteiger partial charge is 0.497 e. The Bertz CT molecular complexity index is 679. The quantitative estimate of drug-likeness (QED) is 0.611. The molecule has 156 valence electrons. The third kappa shape index (κ3) is 6.83. The first-order valence-electron chi connectivity index (χ1n) is 9.51. The lowest BCUT2D eigenvalue weighted by molar-refractivity contribution is 0.0186. The first-order valence-corrected chi connectivity index (χ1v) is 9.51. The van der Waals surface area contributed by atoms with Crippen LogP contribution in [0, 0.1) is 0 Å². The number of amides is 1. The molecule has 1 unspecified atom stereocenters. The van der Waals surface area contributed by atoms with Crippen molar-refractivity contribution >= 4 is 12.1 Å². The van der Waals surface area contributed by atoms with Crippen molar-refractivity contribution in [3.05, 3.63) is 24.3 Å². The van der Waals surface area contributed by atoms with E-state index in [0.29, 0.717) is 38.7 Å². The highest BCUT2D eigenvalue weighted by Crippen LogP contribution is 2.20. The molecule has 1 fully saturated rings. The number of piperazine rings is 1. The van der Waals surface area contributed by atoms with E-state index in [9.17, 15) is 4.79 Å². The second-order valence-electron chi connectivity index (χ2n) is 7.76. The minimum Gasteiger partial charge on any atom is -0.497 e. The van der Waals surface area contributed by atoms with Crippen molar-refractivity contribution < 1.29 is 19.0 Å². The lowest BCUT2D eigenvalue weighted by Gasteiger charge is -2.36. The van der Waals surface area contributed by atoms with E-state index in [0.717, 1.165) is 11.5 Å². The zero-order valence-corrected chi connectivity index (χ0v) is 17.5. The van der Waals surface area contributed by atoms with E-state index in [4.69, 9.17) is 19.9 Å². The first kappa shape index (κ1) is 21.7. The van der Waals surface area contributed by atoms with Crippen LogP contribution in [0.4, 0.5) is 4.79 Å². The second-order valence-corrected chi connectivity index (χ2v) is 7.76. The Morgan fingerprint density at radius 1 is 1.18 bits per heavy atom. The van der Waals surface area contributed by atoms with Crippen molar-refractivity contribution in [3.63, 3.8) is 0 Å². The summed E-state index contributed by atoms with van der Waals surface area (Å²) < 4.78 is 16.5. The van der Waals surface area contributed by atoms with Gasteiger partial charge in [0.05, 0.1) is 13.7 Å². The molecular formula is C20H32N4O4. The summed E-state index contributed by atoms with van der Waals surface area (Å²) in [6.07, 6.45) is -0.420. The number of aliphatic imine (C=N–C) groups is 1.